The third kappa shape index (κ3) is 3.76. The van der Waals surface area contributed by atoms with Crippen LogP contribution in [0.15, 0.2) is 88.9 Å². The largest absolute Gasteiger partial charge is 0.350 e. The number of carbonyl (C=O) groups is 1. The molecule has 3 aromatic carbocycles. The van der Waals surface area contributed by atoms with Crippen molar-refractivity contribution in [1.29, 1.82) is 0 Å². The molecule has 5 rings (SSSR count). The number of anilines is 1. The van der Waals surface area contributed by atoms with E-state index in [1.54, 1.807) is 4.90 Å². The first-order valence-corrected chi connectivity index (χ1v) is 11.3. The van der Waals surface area contributed by atoms with Crippen LogP contribution >= 0.6 is 11.8 Å². The quantitative estimate of drug-likeness (QED) is 0.339. The SMILES string of the molecule is Cc1ccc(N=C2S/C(=C\c3cn(C)c4ccccc34)C(=O)N2c2ccc(C)cc2)cc1. The zero-order chi connectivity index (χ0) is 22.2. The Balaban J connectivity index is 1.61. The number of thioether (sulfide) groups is 1. The average molecular weight is 438 g/mol. The van der Waals surface area contributed by atoms with Gasteiger partial charge in [0.1, 0.15) is 0 Å². The Hall–Kier alpha value is -3.57. The number of aliphatic imine (C=N–C) groups is 1. The Kier molecular flexibility index (Phi) is 5.19. The van der Waals surface area contributed by atoms with Gasteiger partial charge < -0.3 is 4.57 Å². The third-order valence-electron chi connectivity index (χ3n) is 5.57. The van der Waals surface area contributed by atoms with E-state index < -0.39 is 0 Å². The molecule has 1 amide bonds. The predicted molar refractivity (Wildman–Crippen MR) is 135 cm³/mol. The molecule has 0 unspecified atom stereocenters. The van der Waals surface area contributed by atoms with Crippen LogP contribution in [0.4, 0.5) is 11.4 Å². The second kappa shape index (κ2) is 8.17. The molecule has 0 spiro atoms. The highest BCUT2D eigenvalue weighted by molar-refractivity contribution is 8.19. The van der Waals surface area contributed by atoms with Crippen LogP contribution in [0.2, 0.25) is 0 Å². The minimum absolute atomic E-state index is 0.0577. The lowest BCUT2D eigenvalue weighted by molar-refractivity contribution is -0.113. The zero-order valence-corrected chi connectivity index (χ0v) is 19.1. The fraction of sp³-hybridized carbons (Fsp3) is 0.111. The molecule has 1 saturated heterocycles. The fourth-order valence-corrected chi connectivity index (χ4v) is 4.82. The van der Waals surface area contributed by atoms with Crippen molar-refractivity contribution in [2.75, 3.05) is 4.90 Å². The van der Waals surface area contributed by atoms with Gasteiger partial charge in [-0.3, -0.25) is 9.69 Å². The number of amidine groups is 1. The number of amides is 1. The Bertz CT molecular complexity index is 1380. The van der Waals surface area contributed by atoms with Crippen molar-refractivity contribution in [2.24, 2.45) is 12.0 Å². The molecule has 0 saturated carbocycles. The van der Waals surface area contributed by atoms with Gasteiger partial charge in [-0.1, -0.05) is 53.6 Å². The number of aryl methyl sites for hydroxylation is 3. The molecule has 1 aromatic heterocycles. The molecule has 4 nitrogen and oxygen atoms in total. The van der Waals surface area contributed by atoms with Gasteiger partial charge in [0.15, 0.2) is 5.17 Å². The highest BCUT2D eigenvalue weighted by Crippen LogP contribution is 2.38. The van der Waals surface area contributed by atoms with Gasteiger partial charge in [-0.25, -0.2) is 4.99 Å². The Labute approximate surface area is 191 Å². The molecular weight excluding hydrogens is 414 g/mol. The van der Waals surface area contributed by atoms with Crippen molar-refractivity contribution in [3.05, 3.63) is 101 Å². The van der Waals surface area contributed by atoms with Gasteiger partial charge in [0.25, 0.3) is 5.91 Å². The average Bonchev–Trinajstić information content (AvgIpc) is 3.27. The topological polar surface area (TPSA) is 37.6 Å². The lowest BCUT2D eigenvalue weighted by atomic mass is 10.1. The summed E-state index contributed by atoms with van der Waals surface area (Å²) < 4.78 is 2.09. The van der Waals surface area contributed by atoms with E-state index in [4.69, 9.17) is 4.99 Å². The Morgan fingerprint density at radius 2 is 1.53 bits per heavy atom. The molecule has 0 aliphatic carbocycles. The molecule has 2 heterocycles. The maximum Gasteiger partial charge on any atom is 0.271 e. The Morgan fingerprint density at radius 3 is 2.25 bits per heavy atom. The van der Waals surface area contributed by atoms with Crippen LogP contribution in [-0.2, 0) is 11.8 Å². The summed E-state index contributed by atoms with van der Waals surface area (Å²) in [6.45, 7) is 4.09. The number of aromatic nitrogens is 1. The van der Waals surface area contributed by atoms with Crippen molar-refractivity contribution in [1.82, 2.24) is 4.57 Å². The summed E-state index contributed by atoms with van der Waals surface area (Å²) in [6, 6.07) is 24.2. The van der Waals surface area contributed by atoms with E-state index in [0.717, 1.165) is 33.4 Å². The maximum atomic E-state index is 13.5. The number of para-hydroxylation sites is 1. The minimum Gasteiger partial charge on any atom is -0.350 e. The predicted octanol–water partition coefficient (Wildman–Crippen LogP) is 6.60. The van der Waals surface area contributed by atoms with Crippen molar-refractivity contribution in [2.45, 2.75) is 13.8 Å². The molecule has 1 aliphatic heterocycles. The first-order chi connectivity index (χ1) is 15.5. The zero-order valence-electron chi connectivity index (χ0n) is 18.2. The van der Waals surface area contributed by atoms with E-state index in [1.807, 2.05) is 87.6 Å². The smallest absolute Gasteiger partial charge is 0.271 e. The number of fused-ring (bicyclic) bond motifs is 1. The second-order valence-corrected chi connectivity index (χ2v) is 9.04. The van der Waals surface area contributed by atoms with E-state index in [0.29, 0.717) is 10.1 Å². The number of rotatable bonds is 3. The number of nitrogens with zero attached hydrogens (tertiary/aromatic N) is 3. The first kappa shape index (κ1) is 20.3. The molecule has 0 bridgehead atoms. The van der Waals surface area contributed by atoms with Gasteiger partial charge in [0, 0.05) is 29.7 Å². The third-order valence-corrected chi connectivity index (χ3v) is 6.54. The van der Waals surface area contributed by atoms with Crippen LogP contribution < -0.4 is 4.90 Å². The fourth-order valence-electron chi connectivity index (χ4n) is 3.83. The van der Waals surface area contributed by atoms with Gasteiger partial charge in [-0.2, -0.15) is 0 Å². The minimum atomic E-state index is -0.0577. The van der Waals surface area contributed by atoms with Gasteiger partial charge in [0.2, 0.25) is 0 Å². The highest BCUT2D eigenvalue weighted by atomic mass is 32.2. The summed E-state index contributed by atoms with van der Waals surface area (Å²) in [5.41, 5.74) is 6.14. The van der Waals surface area contributed by atoms with Gasteiger partial charge in [0.05, 0.1) is 16.3 Å². The standard InChI is InChI=1S/C27H23N3OS/c1-18-8-12-21(13-9-18)28-27-30(22-14-10-19(2)11-15-22)26(31)25(32-27)16-20-17-29(3)24-7-5-4-6-23(20)24/h4-17H,1-3H3/b25-16-,28-27?. The molecule has 158 valence electrons. The number of carbonyl (C=O) groups excluding carboxylic acids is 1. The maximum absolute atomic E-state index is 13.5. The first-order valence-electron chi connectivity index (χ1n) is 10.5. The number of hydrogen-bond acceptors (Lipinski definition) is 3. The Morgan fingerprint density at radius 1 is 0.875 bits per heavy atom. The van der Waals surface area contributed by atoms with Crippen LogP contribution in [0.25, 0.3) is 17.0 Å². The normalized spacial score (nSPS) is 16.6. The molecule has 1 aliphatic rings. The van der Waals surface area contributed by atoms with E-state index >= 15 is 0 Å². The monoisotopic (exact) mass is 437 g/mol. The van der Waals surface area contributed by atoms with Crippen LogP contribution in [0.5, 0.6) is 0 Å². The summed E-state index contributed by atoms with van der Waals surface area (Å²) in [6.07, 6.45) is 4.05. The van der Waals surface area contributed by atoms with E-state index in [2.05, 4.69) is 22.9 Å². The van der Waals surface area contributed by atoms with Crippen LogP contribution in [-0.4, -0.2) is 15.6 Å². The molecule has 4 aromatic rings. The number of benzene rings is 3. The summed E-state index contributed by atoms with van der Waals surface area (Å²) in [7, 11) is 2.02. The van der Waals surface area contributed by atoms with Gasteiger partial charge in [-0.15, -0.1) is 0 Å². The molecule has 0 radical (unpaired) electrons. The van der Waals surface area contributed by atoms with Crippen LogP contribution in [0.1, 0.15) is 16.7 Å². The van der Waals surface area contributed by atoms with E-state index in [9.17, 15) is 4.79 Å². The summed E-state index contributed by atoms with van der Waals surface area (Å²) in [5.74, 6) is -0.0577. The number of hydrogen-bond donors (Lipinski definition) is 0. The second-order valence-electron chi connectivity index (χ2n) is 8.03. The molecule has 1 fully saturated rings. The molecular formula is C27H23N3OS. The van der Waals surface area contributed by atoms with Crippen molar-refractivity contribution >= 4 is 51.2 Å². The lowest BCUT2D eigenvalue weighted by Gasteiger charge is -2.16. The van der Waals surface area contributed by atoms with Crippen molar-refractivity contribution in [3.63, 3.8) is 0 Å². The molecule has 0 N–H and O–H groups in total. The lowest BCUT2D eigenvalue weighted by Crippen LogP contribution is -2.28. The molecule has 5 heteroatoms. The van der Waals surface area contributed by atoms with Gasteiger partial charge in [-0.05, 0) is 62.0 Å². The molecule has 0 atom stereocenters. The van der Waals surface area contributed by atoms with E-state index in [1.165, 1.54) is 17.3 Å². The van der Waals surface area contributed by atoms with E-state index in [-0.39, 0.29) is 5.91 Å². The van der Waals surface area contributed by atoms with Crippen molar-refractivity contribution < 1.29 is 4.79 Å². The van der Waals surface area contributed by atoms with Crippen LogP contribution in [0, 0.1) is 13.8 Å². The summed E-state index contributed by atoms with van der Waals surface area (Å²) >= 11 is 1.42. The summed E-state index contributed by atoms with van der Waals surface area (Å²) in [5, 5.41) is 1.79. The summed E-state index contributed by atoms with van der Waals surface area (Å²) in [4.78, 5) is 20.7. The highest BCUT2D eigenvalue weighted by Gasteiger charge is 2.35. The van der Waals surface area contributed by atoms with Crippen molar-refractivity contribution in [3.8, 4) is 0 Å². The van der Waals surface area contributed by atoms with Gasteiger partial charge >= 0.3 is 0 Å². The van der Waals surface area contributed by atoms with Crippen LogP contribution in [0.3, 0.4) is 0 Å². The molecule has 32 heavy (non-hydrogen) atoms.